The molecule has 0 spiro atoms. The largest absolute Gasteiger partial charge is 0.479 e. The first kappa shape index (κ1) is 11.3. The number of rotatable bonds is 3. The molecule has 88 valence electrons. The first-order chi connectivity index (χ1) is 8.26. The first-order valence-corrected chi connectivity index (χ1v) is 5.10. The molecule has 17 heavy (non-hydrogen) atoms. The van der Waals surface area contributed by atoms with Gasteiger partial charge in [0, 0.05) is 7.05 Å². The maximum atomic E-state index is 13.6. The van der Waals surface area contributed by atoms with Crippen molar-refractivity contribution >= 4 is 5.69 Å². The van der Waals surface area contributed by atoms with Crippen LogP contribution >= 0.6 is 0 Å². The Balaban J connectivity index is 2.50. The lowest BCUT2D eigenvalue weighted by Gasteiger charge is -2.08. The molecule has 5 heteroatoms. The van der Waals surface area contributed by atoms with Crippen molar-refractivity contribution in [3.8, 4) is 17.3 Å². The second-order valence-electron chi connectivity index (χ2n) is 3.35. The number of ether oxygens (including phenoxy) is 1. The Bertz CT molecular complexity index is 531. The van der Waals surface area contributed by atoms with Crippen molar-refractivity contribution in [2.45, 2.75) is 0 Å². The normalized spacial score (nSPS) is 10.1. The van der Waals surface area contributed by atoms with Crippen LogP contribution in [0.15, 0.2) is 30.5 Å². The number of hydrogen-bond acceptors (Lipinski definition) is 4. The Labute approximate surface area is 98.5 Å². The van der Waals surface area contributed by atoms with Gasteiger partial charge in [-0.3, -0.25) is 0 Å². The number of nitrogens with zero attached hydrogens (tertiary/aromatic N) is 2. The van der Waals surface area contributed by atoms with Gasteiger partial charge in [-0.05, 0) is 12.1 Å². The molecule has 0 amide bonds. The van der Waals surface area contributed by atoms with Gasteiger partial charge in [-0.1, -0.05) is 12.1 Å². The summed E-state index contributed by atoms with van der Waals surface area (Å²) in [6.45, 7) is 0. The summed E-state index contributed by atoms with van der Waals surface area (Å²) in [5, 5.41) is 2.90. The summed E-state index contributed by atoms with van der Waals surface area (Å²) in [5.74, 6) is 0.339. The quantitative estimate of drug-likeness (QED) is 0.883. The van der Waals surface area contributed by atoms with E-state index in [1.807, 2.05) is 0 Å². The van der Waals surface area contributed by atoms with E-state index in [-0.39, 0.29) is 5.82 Å². The van der Waals surface area contributed by atoms with Gasteiger partial charge in [0.25, 0.3) is 0 Å². The van der Waals surface area contributed by atoms with Gasteiger partial charge in [-0.25, -0.2) is 9.37 Å². The molecule has 0 saturated heterocycles. The van der Waals surface area contributed by atoms with Crippen LogP contribution in [0.1, 0.15) is 0 Å². The maximum absolute atomic E-state index is 13.6. The molecule has 2 rings (SSSR count). The Morgan fingerprint density at radius 3 is 2.71 bits per heavy atom. The second kappa shape index (κ2) is 4.78. The third-order valence-electron chi connectivity index (χ3n) is 2.33. The molecule has 1 heterocycles. The fourth-order valence-corrected chi connectivity index (χ4v) is 1.47. The van der Waals surface area contributed by atoms with Gasteiger partial charge in [0.15, 0.2) is 5.82 Å². The zero-order chi connectivity index (χ0) is 12.3. The average molecular weight is 233 g/mol. The molecule has 0 atom stereocenters. The molecule has 0 bridgehead atoms. The minimum atomic E-state index is -0.355. The molecule has 2 aromatic rings. The summed E-state index contributed by atoms with van der Waals surface area (Å²) in [6.07, 6.45) is 1.56. The van der Waals surface area contributed by atoms with Crippen LogP contribution in [0.25, 0.3) is 11.4 Å². The molecule has 1 aromatic carbocycles. The predicted molar refractivity (Wildman–Crippen MR) is 63.5 cm³/mol. The van der Waals surface area contributed by atoms with Crippen molar-refractivity contribution in [2.75, 3.05) is 19.5 Å². The minimum absolute atomic E-state index is 0.305. The average Bonchev–Trinajstić information content (AvgIpc) is 2.38. The standard InChI is InChI=1S/C12H12FN3O/c1-14-10-7-15-11(16-12(10)17-2)8-5-3-4-6-9(8)13/h3-7,14H,1-2H3. The molecular weight excluding hydrogens is 221 g/mol. The fourth-order valence-electron chi connectivity index (χ4n) is 1.47. The number of anilines is 1. The van der Waals surface area contributed by atoms with E-state index in [1.165, 1.54) is 13.2 Å². The summed E-state index contributed by atoms with van der Waals surface area (Å²) in [5.41, 5.74) is 1.01. The van der Waals surface area contributed by atoms with Crippen LogP contribution in [-0.4, -0.2) is 24.1 Å². The predicted octanol–water partition coefficient (Wildman–Crippen LogP) is 2.33. The summed E-state index contributed by atoms with van der Waals surface area (Å²) < 4.78 is 18.7. The number of nitrogens with one attached hydrogen (secondary N) is 1. The molecule has 1 aromatic heterocycles. The highest BCUT2D eigenvalue weighted by Gasteiger charge is 2.10. The minimum Gasteiger partial charge on any atom is -0.479 e. The van der Waals surface area contributed by atoms with Crippen LogP contribution < -0.4 is 10.1 Å². The van der Waals surface area contributed by atoms with Crippen LogP contribution in [0.5, 0.6) is 5.88 Å². The molecule has 0 saturated carbocycles. The van der Waals surface area contributed by atoms with Crippen molar-refractivity contribution < 1.29 is 9.13 Å². The number of methoxy groups -OCH3 is 1. The topological polar surface area (TPSA) is 47.0 Å². The number of aromatic nitrogens is 2. The first-order valence-electron chi connectivity index (χ1n) is 5.10. The van der Waals surface area contributed by atoms with E-state index >= 15 is 0 Å². The zero-order valence-electron chi connectivity index (χ0n) is 9.57. The van der Waals surface area contributed by atoms with Crippen LogP contribution in [0.2, 0.25) is 0 Å². The van der Waals surface area contributed by atoms with E-state index in [9.17, 15) is 4.39 Å². The van der Waals surface area contributed by atoms with Crippen molar-refractivity contribution in [3.05, 3.63) is 36.3 Å². The lowest BCUT2D eigenvalue weighted by atomic mass is 10.2. The van der Waals surface area contributed by atoms with Gasteiger partial charge in [-0.15, -0.1) is 0 Å². The second-order valence-corrected chi connectivity index (χ2v) is 3.35. The summed E-state index contributed by atoms with van der Waals surface area (Å²) in [7, 11) is 3.25. The Morgan fingerprint density at radius 2 is 2.06 bits per heavy atom. The molecular formula is C12H12FN3O. The molecule has 1 N–H and O–H groups in total. The molecule has 0 fully saturated rings. The monoisotopic (exact) mass is 233 g/mol. The lowest BCUT2D eigenvalue weighted by Crippen LogP contribution is -2.00. The van der Waals surface area contributed by atoms with Gasteiger partial charge in [-0.2, -0.15) is 4.98 Å². The lowest BCUT2D eigenvalue weighted by molar-refractivity contribution is 0.399. The summed E-state index contributed by atoms with van der Waals surface area (Å²) in [6, 6.07) is 6.36. The Morgan fingerprint density at radius 1 is 1.29 bits per heavy atom. The van der Waals surface area contributed by atoms with Gasteiger partial charge < -0.3 is 10.1 Å². The Kier molecular flexibility index (Phi) is 3.18. The van der Waals surface area contributed by atoms with Crippen LogP contribution in [-0.2, 0) is 0 Å². The van der Waals surface area contributed by atoms with E-state index in [0.717, 1.165) is 0 Å². The molecule has 4 nitrogen and oxygen atoms in total. The summed E-state index contributed by atoms with van der Waals surface area (Å²) in [4.78, 5) is 8.25. The van der Waals surface area contributed by atoms with Crippen molar-refractivity contribution in [3.63, 3.8) is 0 Å². The number of benzene rings is 1. The molecule has 0 aliphatic heterocycles. The van der Waals surface area contributed by atoms with E-state index in [4.69, 9.17) is 4.74 Å². The smallest absolute Gasteiger partial charge is 0.240 e. The van der Waals surface area contributed by atoms with Gasteiger partial charge in [0.1, 0.15) is 11.5 Å². The van der Waals surface area contributed by atoms with Crippen molar-refractivity contribution in [1.29, 1.82) is 0 Å². The molecule has 0 aliphatic rings. The SMILES string of the molecule is CNc1cnc(-c2ccccc2F)nc1OC. The van der Waals surface area contributed by atoms with E-state index in [2.05, 4.69) is 15.3 Å². The zero-order valence-corrected chi connectivity index (χ0v) is 9.57. The van der Waals surface area contributed by atoms with Crippen molar-refractivity contribution in [2.24, 2.45) is 0 Å². The fraction of sp³-hybridized carbons (Fsp3) is 0.167. The maximum Gasteiger partial charge on any atom is 0.240 e. The highest BCUT2D eigenvalue weighted by atomic mass is 19.1. The third kappa shape index (κ3) is 2.18. The van der Waals surface area contributed by atoms with E-state index < -0.39 is 0 Å². The summed E-state index contributed by atoms with van der Waals surface area (Å²) >= 11 is 0. The number of hydrogen-bond donors (Lipinski definition) is 1. The molecule has 0 radical (unpaired) electrons. The van der Waals surface area contributed by atoms with E-state index in [0.29, 0.717) is 23.0 Å². The highest BCUT2D eigenvalue weighted by molar-refractivity contribution is 5.60. The highest BCUT2D eigenvalue weighted by Crippen LogP contribution is 2.25. The van der Waals surface area contributed by atoms with Crippen LogP contribution in [0.4, 0.5) is 10.1 Å². The molecule has 0 aliphatic carbocycles. The molecule has 0 unspecified atom stereocenters. The third-order valence-corrected chi connectivity index (χ3v) is 2.33. The number of halogens is 1. The Hall–Kier alpha value is -2.17. The van der Waals surface area contributed by atoms with Gasteiger partial charge in [0.2, 0.25) is 5.88 Å². The van der Waals surface area contributed by atoms with Crippen molar-refractivity contribution in [1.82, 2.24) is 9.97 Å². The van der Waals surface area contributed by atoms with Gasteiger partial charge in [0.05, 0.1) is 18.9 Å². The van der Waals surface area contributed by atoms with Crippen LogP contribution in [0, 0.1) is 5.82 Å². The van der Waals surface area contributed by atoms with Crippen LogP contribution in [0.3, 0.4) is 0 Å². The van der Waals surface area contributed by atoms with E-state index in [1.54, 1.807) is 31.4 Å². The van der Waals surface area contributed by atoms with Gasteiger partial charge >= 0.3 is 0 Å².